The van der Waals surface area contributed by atoms with E-state index in [-0.39, 0.29) is 50.4 Å². The van der Waals surface area contributed by atoms with Crippen LogP contribution in [0.15, 0.2) is 23.7 Å². The van der Waals surface area contributed by atoms with Crippen LogP contribution in [0.5, 0.6) is 0 Å². The van der Waals surface area contributed by atoms with Gasteiger partial charge >= 0.3 is 27.3 Å². The zero-order chi connectivity index (χ0) is 21.7. The van der Waals surface area contributed by atoms with Crippen LogP contribution in [0.2, 0.25) is 0 Å². The molecule has 0 saturated heterocycles. The number of hydrogen-bond acceptors (Lipinski definition) is 4. The Labute approximate surface area is 186 Å². The summed E-state index contributed by atoms with van der Waals surface area (Å²) in [5, 5.41) is 22.9. The van der Waals surface area contributed by atoms with Crippen molar-refractivity contribution in [3.05, 3.63) is 23.7 Å². The molecule has 2 radical (unpaired) electrons. The quantitative estimate of drug-likeness (QED) is 0.288. The van der Waals surface area contributed by atoms with E-state index in [1.165, 1.54) is 12.2 Å². The van der Waals surface area contributed by atoms with Crippen molar-refractivity contribution in [1.82, 2.24) is 0 Å². The first-order valence-electron chi connectivity index (χ1n) is 8.97. The van der Waals surface area contributed by atoms with Crippen molar-refractivity contribution in [3.63, 3.8) is 0 Å². The Morgan fingerprint density at radius 3 is 0.815 bits per heavy atom. The molecule has 0 saturated carbocycles. The van der Waals surface area contributed by atoms with Crippen molar-refractivity contribution in [2.45, 2.75) is 83.1 Å². The Bertz CT molecular complexity index is 505. The van der Waals surface area contributed by atoms with E-state index in [2.05, 4.69) is 0 Å². The van der Waals surface area contributed by atoms with Gasteiger partial charge in [0, 0.05) is 10.8 Å². The summed E-state index contributed by atoms with van der Waals surface area (Å²) >= 11 is 0. The van der Waals surface area contributed by atoms with Crippen LogP contribution < -0.4 is 10.2 Å². The van der Waals surface area contributed by atoms with Crippen LogP contribution in [0.1, 0.15) is 83.1 Å². The molecule has 0 amide bonds. The fraction of sp³-hybridized carbons (Fsp3) is 0.727. The Morgan fingerprint density at radius 2 is 0.704 bits per heavy atom. The molecule has 0 aromatic heterocycles. The van der Waals surface area contributed by atoms with Gasteiger partial charge in [0.05, 0.1) is 0 Å². The molecule has 4 nitrogen and oxygen atoms in total. The molecule has 0 heterocycles. The van der Waals surface area contributed by atoms with Gasteiger partial charge in [-0.3, -0.25) is 9.59 Å². The van der Waals surface area contributed by atoms with Gasteiger partial charge in [-0.15, -0.1) is 11.5 Å². The van der Waals surface area contributed by atoms with Gasteiger partial charge in [0.25, 0.3) is 0 Å². The topological polar surface area (TPSA) is 80.3 Å². The first-order chi connectivity index (χ1) is 11.1. The molecule has 0 aliphatic rings. The number of allylic oxidation sites excluding steroid dienone is 4. The maximum atomic E-state index is 11.4. The van der Waals surface area contributed by atoms with Crippen molar-refractivity contribution in [2.75, 3.05) is 0 Å². The van der Waals surface area contributed by atoms with Crippen molar-refractivity contribution in [3.8, 4) is 0 Å². The van der Waals surface area contributed by atoms with Crippen LogP contribution in [0.3, 0.4) is 0 Å². The molecule has 0 bridgehead atoms. The smallest absolute Gasteiger partial charge is 0.875 e. The van der Waals surface area contributed by atoms with Gasteiger partial charge in [-0.25, -0.2) is 0 Å². The fourth-order valence-electron chi connectivity index (χ4n) is 1.10. The summed E-state index contributed by atoms with van der Waals surface area (Å²) in [7, 11) is 0. The summed E-state index contributed by atoms with van der Waals surface area (Å²) < 4.78 is 0. The third-order valence-corrected chi connectivity index (χ3v) is 3.48. The molecular formula is C22H38O4Pb. The van der Waals surface area contributed by atoms with Crippen LogP contribution in [0.25, 0.3) is 0 Å². The van der Waals surface area contributed by atoms with E-state index >= 15 is 0 Å². The minimum atomic E-state index is -0.457. The summed E-state index contributed by atoms with van der Waals surface area (Å²) in [6, 6.07) is 0. The normalized spacial score (nSPS) is 13.9. The van der Waals surface area contributed by atoms with Crippen molar-refractivity contribution >= 4 is 38.9 Å². The van der Waals surface area contributed by atoms with Gasteiger partial charge in [-0.05, 0) is 23.0 Å². The Hall–Kier alpha value is -0.658. The summed E-state index contributed by atoms with van der Waals surface area (Å²) in [6.45, 7) is 21.7. The molecule has 0 atom stereocenters. The molecule has 27 heavy (non-hydrogen) atoms. The largest absolute Gasteiger partial charge is 2.00 e. The second-order valence-corrected chi connectivity index (χ2v) is 10.7. The van der Waals surface area contributed by atoms with Gasteiger partial charge < -0.3 is 10.2 Å². The number of carbonyl (C=O) groups excluding carboxylic acids is 2. The van der Waals surface area contributed by atoms with E-state index in [4.69, 9.17) is 0 Å². The van der Waals surface area contributed by atoms with Gasteiger partial charge in [-0.2, -0.15) is 0 Å². The van der Waals surface area contributed by atoms with Crippen molar-refractivity contribution < 1.29 is 19.8 Å². The standard InChI is InChI=1S/2C11H20O2.Pb/c2*1-10(2,3)8(12)7-9(13)11(4,5)6;/h2*7,12H,1-6H3;/q;;+2/p-2. The van der Waals surface area contributed by atoms with Gasteiger partial charge in [0.1, 0.15) is 0 Å². The fourth-order valence-corrected chi connectivity index (χ4v) is 1.10. The zero-order valence-electron chi connectivity index (χ0n) is 19.3. The van der Waals surface area contributed by atoms with Crippen LogP contribution >= 0.6 is 0 Å². The molecule has 5 heteroatoms. The summed E-state index contributed by atoms with van der Waals surface area (Å²) in [5.41, 5.74) is -1.83. The van der Waals surface area contributed by atoms with Crippen molar-refractivity contribution in [2.24, 2.45) is 21.7 Å². The first kappa shape index (κ1) is 31.0. The monoisotopic (exact) mass is 574 g/mol. The average molecular weight is 574 g/mol. The van der Waals surface area contributed by atoms with Crippen LogP contribution in [-0.2, 0) is 9.59 Å². The van der Waals surface area contributed by atoms with E-state index in [0.29, 0.717) is 0 Å². The Kier molecular flexibility index (Phi) is 12.4. The second kappa shape index (κ2) is 10.8. The molecule has 154 valence electrons. The number of rotatable bonds is 2. The van der Waals surface area contributed by atoms with E-state index in [1.807, 2.05) is 83.1 Å². The minimum absolute atomic E-state index is 0. The predicted molar refractivity (Wildman–Crippen MR) is 110 cm³/mol. The van der Waals surface area contributed by atoms with Crippen LogP contribution in [-0.4, -0.2) is 38.9 Å². The zero-order valence-corrected chi connectivity index (χ0v) is 23.2. The van der Waals surface area contributed by atoms with Crippen molar-refractivity contribution in [1.29, 1.82) is 0 Å². The average Bonchev–Trinajstić information content (AvgIpc) is 2.34. The first-order valence-corrected chi connectivity index (χ1v) is 8.97. The minimum Gasteiger partial charge on any atom is -0.875 e. The molecule has 0 aliphatic carbocycles. The molecule has 0 rings (SSSR count). The molecule has 0 spiro atoms. The number of ketones is 2. The number of carbonyl (C=O) groups is 2. The molecule has 0 aromatic rings. The maximum absolute atomic E-state index is 11.4. The Morgan fingerprint density at radius 1 is 0.519 bits per heavy atom. The molecule has 0 unspecified atom stereocenters. The molecule has 0 N–H and O–H groups in total. The summed E-state index contributed by atoms with van der Waals surface area (Å²) in [6.07, 6.45) is 2.44. The predicted octanol–water partition coefficient (Wildman–Crippen LogP) is 3.40. The molecular weight excluding hydrogens is 535 g/mol. The third-order valence-electron chi connectivity index (χ3n) is 3.48. The third kappa shape index (κ3) is 14.1. The molecule has 0 aromatic carbocycles. The molecule has 0 fully saturated rings. The number of hydrogen-bond donors (Lipinski definition) is 0. The van der Waals surface area contributed by atoms with E-state index < -0.39 is 21.7 Å². The summed E-state index contributed by atoms with van der Waals surface area (Å²) in [5.74, 6) is -0.417. The van der Waals surface area contributed by atoms with E-state index in [9.17, 15) is 19.8 Å². The van der Waals surface area contributed by atoms with Gasteiger partial charge in [-0.1, -0.05) is 83.1 Å². The van der Waals surface area contributed by atoms with Crippen LogP contribution in [0, 0.1) is 21.7 Å². The maximum Gasteiger partial charge on any atom is 2.00 e. The van der Waals surface area contributed by atoms with E-state index in [1.54, 1.807) is 0 Å². The SMILES string of the molecule is CC(C)(C)C(=O)C=C([O-])C(C)(C)C.CC(C)(C)C(=O)C=C([O-])C(C)(C)C.[Pb+2]. The van der Waals surface area contributed by atoms with E-state index in [0.717, 1.165) is 0 Å². The van der Waals surface area contributed by atoms with Crippen LogP contribution in [0.4, 0.5) is 0 Å². The molecule has 0 aliphatic heterocycles. The second-order valence-electron chi connectivity index (χ2n) is 10.7. The van der Waals surface area contributed by atoms with Gasteiger partial charge in [0.15, 0.2) is 11.6 Å². The summed E-state index contributed by atoms with van der Waals surface area (Å²) in [4.78, 5) is 22.9. The Balaban J connectivity index is -0.000000411. The van der Waals surface area contributed by atoms with Gasteiger partial charge in [0.2, 0.25) is 0 Å².